The maximum atomic E-state index is 12.0. The molecule has 1 saturated heterocycles. The highest BCUT2D eigenvalue weighted by Gasteiger charge is 2.26. The van der Waals surface area contributed by atoms with Gasteiger partial charge in [-0.15, -0.1) is 11.3 Å². The van der Waals surface area contributed by atoms with Crippen LogP contribution < -0.4 is 10.6 Å². The van der Waals surface area contributed by atoms with E-state index in [0.29, 0.717) is 14.8 Å². The molecule has 0 aliphatic carbocycles. The Bertz CT molecular complexity index is 1180. The molecular formula is C18H10N4O4S3. The van der Waals surface area contributed by atoms with Gasteiger partial charge >= 0.3 is 0 Å². The van der Waals surface area contributed by atoms with Gasteiger partial charge in [0.15, 0.2) is 9.45 Å². The quantitative estimate of drug-likeness (QED) is 0.210. The van der Waals surface area contributed by atoms with Crippen LogP contribution in [-0.2, 0) is 9.59 Å². The van der Waals surface area contributed by atoms with Crippen LogP contribution in [0, 0.1) is 10.1 Å². The van der Waals surface area contributed by atoms with Crippen molar-refractivity contribution in [1.82, 2.24) is 15.6 Å². The van der Waals surface area contributed by atoms with E-state index in [2.05, 4.69) is 15.6 Å². The Morgan fingerprint density at radius 3 is 2.55 bits per heavy atom. The fourth-order valence-corrected chi connectivity index (χ4v) is 4.91. The van der Waals surface area contributed by atoms with Crippen molar-refractivity contribution in [1.29, 1.82) is 0 Å². The summed E-state index contributed by atoms with van der Waals surface area (Å²) in [7, 11) is 0. The number of aromatic nitrogens is 1. The van der Waals surface area contributed by atoms with Crippen molar-refractivity contribution in [3.05, 3.63) is 63.7 Å². The van der Waals surface area contributed by atoms with Crippen LogP contribution in [0.25, 0.3) is 16.3 Å². The molecule has 144 valence electrons. The van der Waals surface area contributed by atoms with Crippen LogP contribution in [-0.4, -0.2) is 26.8 Å². The topological polar surface area (TPSA) is 114 Å². The number of para-hydroxylation sites is 1. The van der Waals surface area contributed by atoms with Crippen LogP contribution >= 0.6 is 35.3 Å². The Hall–Kier alpha value is -3.15. The molecule has 1 fully saturated rings. The zero-order valence-corrected chi connectivity index (χ0v) is 16.8. The van der Waals surface area contributed by atoms with Crippen molar-refractivity contribution in [2.24, 2.45) is 0 Å². The monoisotopic (exact) mass is 442 g/mol. The lowest BCUT2D eigenvalue weighted by Crippen LogP contribution is -2.51. The summed E-state index contributed by atoms with van der Waals surface area (Å²) in [6.07, 6.45) is 1.28. The van der Waals surface area contributed by atoms with E-state index >= 15 is 0 Å². The van der Waals surface area contributed by atoms with Crippen molar-refractivity contribution in [3.63, 3.8) is 0 Å². The number of thiocarbonyl (C=S) groups is 1. The fraction of sp³-hybridized carbons (Fsp3) is 0. The van der Waals surface area contributed by atoms with E-state index in [9.17, 15) is 19.7 Å². The molecule has 2 amide bonds. The Morgan fingerprint density at radius 2 is 1.86 bits per heavy atom. The maximum Gasteiger partial charge on any atom is 0.283 e. The highest BCUT2D eigenvalue weighted by Crippen LogP contribution is 2.39. The number of nitro benzene ring substituents is 1. The molecule has 11 heteroatoms. The second kappa shape index (κ2) is 7.70. The third-order valence-electron chi connectivity index (χ3n) is 3.91. The van der Waals surface area contributed by atoms with Crippen molar-refractivity contribution in [3.8, 4) is 0 Å². The minimum absolute atomic E-state index is 0.0780. The molecule has 29 heavy (non-hydrogen) atoms. The number of nitro groups is 1. The highest BCUT2D eigenvalue weighted by molar-refractivity contribution is 8.01. The summed E-state index contributed by atoms with van der Waals surface area (Å²) in [5.74, 6) is -1.32. The molecular weight excluding hydrogens is 432 g/mol. The minimum atomic E-state index is -0.658. The number of amides is 2. The van der Waals surface area contributed by atoms with E-state index in [1.54, 1.807) is 12.1 Å². The molecule has 0 bridgehead atoms. The van der Waals surface area contributed by atoms with E-state index in [1.807, 2.05) is 24.3 Å². The zero-order chi connectivity index (χ0) is 20.5. The Balaban J connectivity index is 1.67. The van der Waals surface area contributed by atoms with Crippen molar-refractivity contribution in [2.75, 3.05) is 0 Å². The zero-order valence-electron chi connectivity index (χ0n) is 14.4. The normalized spacial score (nSPS) is 13.9. The van der Waals surface area contributed by atoms with Crippen LogP contribution in [0.15, 0.2) is 57.3 Å². The smallest absolute Gasteiger partial charge is 0.283 e. The summed E-state index contributed by atoms with van der Waals surface area (Å²) in [5.41, 5.74) is 0.852. The number of thiazole rings is 1. The summed E-state index contributed by atoms with van der Waals surface area (Å²) in [5, 5.41) is 16.1. The first-order chi connectivity index (χ1) is 13.9. The molecule has 2 aromatic carbocycles. The first-order valence-electron chi connectivity index (χ1n) is 8.11. The molecule has 1 aliphatic heterocycles. The SMILES string of the molecule is O=C1NC(=S)NC(=O)C1=Cc1ccc(Sc2nc3ccccc3s2)c([N+](=O)[O-])c1. The van der Waals surface area contributed by atoms with E-state index in [-0.39, 0.29) is 16.4 Å². The average molecular weight is 443 g/mol. The van der Waals surface area contributed by atoms with Gasteiger partial charge in [-0.2, -0.15) is 0 Å². The van der Waals surface area contributed by atoms with Crippen molar-refractivity contribution in [2.45, 2.75) is 9.24 Å². The van der Waals surface area contributed by atoms with Gasteiger partial charge in [-0.3, -0.25) is 30.3 Å². The van der Waals surface area contributed by atoms with Crippen LogP contribution in [0.4, 0.5) is 5.69 Å². The first-order valence-corrected chi connectivity index (χ1v) is 10.1. The molecule has 0 spiro atoms. The molecule has 2 heterocycles. The standard InChI is InChI=1S/C18H10N4O4S3/c23-15-10(16(24)21-17(27)20-15)7-9-5-6-14(12(8-9)22(25)26)29-18-19-11-3-1-2-4-13(11)28-18/h1-8H,(H2,20,21,23,24,27). The second-order valence-electron chi connectivity index (χ2n) is 5.83. The fourth-order valence-electron chi connectivity index (χ4n) is 2.61. The molecule has 0 saturated carbocycles. The molecule has 0 atom stereocenters. The highest BCUT2D eigenvalue weighted by atomic mass is 32.2. The van der Waals surface area contributed by atoms with Crippen molar-refractivity contribution >= 4 is 74.2 Å². The molecule has 4 rings (SSSR count). The average Bonchev–Trinajstić information content (AvgIpc) is 3.07. The van der Waals surface area contributed by atoms with Gasteiger partial charge in [0.25, 0.3) is 17.5 Å². The van der Waals surface area contributed by atoms with E-state index in [1.165, 1.54) is 35.2 Å². The van der Waals surface area contributed by atoms with Crippen LogP contribution in [0.3, 0.4) is 0 Å². The molecule has 2 N–H and O–H groups in total. The van der Waals surface area contributed by atoms with E-state index in [0.717, 1.165) is 10.2 Å². The lowest BCUT2D eigenvalue weighted by atomic mass is 10.1. The number of hydrogen-bond donors (Lipinski definition) is 2. The summed E-state index contributed by atoms with van der Waals surface area (Å²) < 4.78 is 1.67. The molecule has 1 aromatic heterocycles. The number of nitrogens with one attached hydrogen (secondary N) is 2. The predicted molar refractivity (Wildman–Crippen MR) is 114 cm³/mol. The van der Waals surface area contributed by atoms with Crippen LogP contribution in [0.1, 0.15) is 5.56 Å². The van der Waals surface area contributed by atoms with E-state index in [4.69, 9.17) is 12.2 Å². The molecule has 0 radical (unpaired) electrons. The van der Waals surface area contributed by atoms with Crippen molar-refractivity contribution < 1.29 is 14.5 Å². The van der Waals surface area contributed by atoms with Gasteiger partial charge in [-0.1, -0.05) is 30.0 Å². The third-order valence-corrected chi connectivity index (χ3v) is 6.27. The first kappa shape index (κ1) is 19.2. The van der Waals surface area contributed by atoms with Gasteiger partial charge in [-0.05, 0) is 42.1 Å². The molecule has 8 nitrogen and oxygen atoms in total. The van der Waals surface area contributed by atoms with Gasteiger partial charge in [0.05, 0.1) is 20.0 Å². The number of rotatable bonds is 4. The Kier molecular flexibility index (Phi) is 5.09. The van der Waals surface area contributed by atoms with Gasteiger partial charge in [0.1, 0.15) is 5.57 Å². The van der Waals surface area contributed by atoms with Gasteiger partial charge < -0.3 is 0 Å². The van der Waals surface area contributed by atoms with Gasteiger partial charge in [-0.25, -0.2) is 4.98 Å². The Labute approximate surface area is 177 Å². The number of nitrogens with zero attached hydrogens (tertiary/aromatic N) is 2. The number of carbonyl (C=O) groups excluding carboxylic acids is 2. The summed E-state index contributed by atoms with van der Waals surface area (Å²) in [6.45, 7) is 0. The van der Waals surface area contributed by atoms with Crippen LogP contribution in [0.2, 0.25) is 0 Å². The number of carbonyl (C=O) groups is 2. The molecule has 3 aromatic rings. The lowest BCUT2D eigenvalue weighted by molar-refractivity contribution is -0.387. The summed E-state index contributed by atoms with van der Waals surface area (Å²) in [4.78, 5) is 39.9. The summed E-state index contributed by atoms with van der Waals surface area (Å²) in [6, 6.07) is 12.1. The van der Waals surface area contributed by atoms with Gasteiger partial charge in [0, 0.05) is 6.07 Å². The maximum absolute atomic E-state index is 12.0. The summed E-state index contributed by atoms with van der Waals surface area (Å²) >= 11 is 7.39. The lowest BCUT2D eigenvalue weighted by Gasteiger charge is -2.16. The van der Waals surface area contributed by atoms with Crippen LogP contribution in [0.5, 0.6) is 0 Å². The largest absolute Gasteiger partial charge is 0.299 e. The Morgan fingerprint density at radius 1 is 1.14 bits per heavy atom. The predicted octanol–water partition coefficient (Wildman–Crippen LogP) is 3.27. The molecule has 0 unspecified atom stereocenters. The minimum Gasteiger partial charge on any atom is -0.299 e. The van der Waals surface area contributed by atoms with Gasteiger partial charge in [0.2, 0.25) is 0 Å². The van der Waals surface area contributed by atoms with E-state index < -0.39 is 16.7 Å². The number of hydrogen-bond acceptors (Lipinski definition) is 8. The third kappa shape index (κ3) is 4.01. The molecule has 1 aliphatic rings. The second-order valence-corrected chi connectivity index (χ2v) is 8.56. The number of benzene rings is 2. The number of fused-ring (bicyclic) bond motifs is 1.